The Labute approximate surface area is 76.6 Å². The predicted molar refractivity (Wildman–Crippen MR) is 45.7 cm³/mol. The highest BCUT2D eigenvalue weighted by Crippen LogP contribution is 2.18. The van der Waals surface area contributed by atoms with Gasteiger partial charge < -0.3 is 15.8 Å². The Hall–Kier alpha value is -1.10. The first-order chi connectivity index (χ1) is 6.17. The first-order valence-electron chi connectivity index (χ1n) is 4.24. The standard InChI is InChI=1S/C8H14N2O3/c1-13-7(11)3-5-2-6(4-9)10-8(5)12/h5-6H,2-4,9H2,1H3,(H,10,12)/t5-,6-/m0/s1. The molecule has 13 heavy (non-hydrogen) atoms. The number of amides is 1. The van der Waals surface area contributed by atoms with E-state index in [-0.39, 0.29) is 30.3 Å². The summed E-state index contributed by atoms with van der Waals surface area (Å²) in [6.45, 7) is 0.420. The van der Waals surface area contributed by atoms with Crippen molar-refractivity contribution in [1.29, 1.82) is 0 Å². The van der Waals surface area contributed by atoms with Crippen molar-refractivity contribution in [3.63, 3.8) is 0 Å². The minimum absolute atomic E-state index is 0.0159. The smallest absolute Gasteiger partial charge is 0.306 e. The number of rotatable bonds is 3. The van der Waals surface area contributed by atoms with Gasteiger partial charge in [0.25, 0.3) is 0 Å². The molecule has 1 aliphatic heterocycles. The molecule has 0 bridgehead atoms. The maximum absolute atomic E-state index is 11.2. The fourth-order valence-electron chi connectivity index (χ4n) is 1.44. The fraction of sp³-hybridized carbons (Fsp3) is 0.750. The lowest BCUT2D eigenvalue weighted by Crippen LogP contribution is -2.32. The lowest BCUT2D eigenvalue weighted by Gasteiger charge is -2.04. The molecule has 1 amide bonds. The van der Waals surface area contributed by atoms with E-state index in [1.165, 1.54) is 7.11 Å². The molecule has 0 aromatic carbocycles. The third kappa shape index (κ3) is 2.42. The zero-order valence-corrected chi connectivity index (χ0v) is 7.58. The van der Waals surface area contributed by atoms with Crippen molar-refractivity contribution in [1.82, 2.24) is 5.32 Å². The van der Waals surface area contributed by atoms with Crippen LogP contribution in [0.4, 0.5) is 0 Å². The van der Waals surface area contributed by atoms with E-state index in [1.807, 2.05) is 0 Å². The van der Waals surface area contributed by atoms with Crippen molar-refractivity contribution in [2.24, 2.45) is 11.7 Å². The van der Waals surface area contributed by atoms with Crippen LogP contribution in [0.1, 0.15) is 12.8 Å². The van der Waals surface area contributed by atoms with E-state index in [0.29, 0.717) is 13.0 Å². The molecule has 0 aromatic rings. The first kappa shape index (κ1) is 9.98. The number of hydrogen-bond acceptors (Lipinski definition) is 4. The van der Waals surface area contributed by atoms with E-state index in [9.17, 15) is 9.59 Å². The summed E-state index contributed by atoms with van der Waals surface area (Å²) in [6.07, 6.45) is 0.781. The molecule has 0 spiro atoms. The zero-order chi connectivity index (χ0) is 9.84. The molecule has 5 nitrogen and oxygen atoms in total. The Bertz CT molecular complexity index is 217. The van der Waals surface area contributed by atoms with Gasteiger partial charge in [0.2, 0.25) is 5.91 Å². The molecular formula is C8H14N2O3. The van der Waals surface area contributed by atoms with Gasteiger partial charge in [-0.15, -0.1) is 0 Å². The molecule has 2 atom stereocenters. The molecule has 1 saturated heterocycles. The largest absolute Gasteiger partial charge is 0.469 e. The number of esters is 1. The van der Waals surface area contributed by atoms with E-state index in [2.05, 4.69) is 10.1 Å². The van der Waals surface area contributed by atoms with E-state index in [4.69, 9.17) is 5.73 Å². The molecule has 0 unspecified atom stereocenters. The first-order valence-corrected chi connectivity index (χ1v) is 4.24. The third-order valence-corrected chi connectivity index (χ3v) is 2.21. The number of nitrogens with two attached hydrogens (primary N) is 1. The van der Waals surface area contributed by atoms with Crippen LogP contribution in [-0.2, 0) is 14.3 Å². The second-order valence-corrected chi connectivity index (χ2v) is 3.15. The van der Waals surface area contributed by atoms with Gasteiger partial charge in [0, 0.05) is 12.6 Å². The number of methoxy groups -OCH3 is 1. The van der Waals surface area contributed by atoms with Crippen LogP contribution in [0.2, 0.25) is 0 Å². The molecule has 0 aromatic heterocycles. The maximum Gasteiger partial charge on any atom is 0.306 e. The van der Waals surface area contributed by atoms with Gasteiger partial charge in [-0.25, -0.2) is 0 Å². The molecule has 1 aliphatic rings. The fourth-order valence-corrected chi connectivity index (χ4v) is 1.44. The van der Waals surface area contributed by atoms with Gasteiger partial charge in [-0.05, 0) is 6.42 Å². The number of hydrogen-bond donors (Lipinski definition) is 2. The highest BCUT2D eigenvalue weighted by molar-refractivity contribution is 5.85. The minimum Gasteiger partial charge on any atom is -0.469 e. The van der Waals surface area contributed by atoms with Crippen LogP contribution in [0, 0.1) is 5.92 Å². The van der Waals surface area contributed by atoms with Gasteiger partial charge in [-0.3, -0.25) is 9.59 Å². The van der Waals surface area contributed by atoms with Crippen LogP contribution in [0.15, 0.2) is 0 Å². The second-order valence-electron chi connectivity index (χ2n) is 3.15. The molecule has 1 rings (SSSR count). The second kappa shape index (κ2) is 4.23. The van der Waals surface area contributed by atoms with Gasteiger partial charge in [0.15, 0.2) is 0 Å². The minimum atomic E-state index is -0.349. The van der Waals surface area contributed by atoms with Crippen molar-refractivity contribution < 1.29 is 14.3 Å². The topological polar surface area (TPSA) is 81.4 Å². The summed E-state index contributed by atoms with van der Waals surface area (Å²) in [4.78, 5) is 22.1. The van der Waals surface area contributed by atoms with Gasteiger partial charge in [-0.1, -0.05) is 0 Å². The van der Waals surface area contributed by atoms with Crippen molar-refractivity contribution in [2.75, 3.05) is 13.7 Å². The molecule has 5 heteroatoms. The molecule has 74 valence electrons. The summed E-state index contributed by atoms with van der Waals surface area (Å²) in [5.41, 5.74) is 5.39. The van der Waals surface area contributed by atoms with Crippen LogP contribution < -0.4 is 11.1 Å². The average Bonchev–Trinajstić information content (AvgIpc) is 2.47. The predicted octanol–water partition coefficient (Wildman–Crippen LogP) is -0.987. The Kier molecular flexibility index (Phi) is 3.25. The van der Waals surface area contributed by atoms with E-state index in [1.54, 1.807) is 0 Å². The number of nitrogens with one attached hydrogen (secondary N) is 1. The quantitative estimate of drug-likeness (QED) is 0.555. The maximum atomic E-state index is 11.2. The van der Waals surface area contributed by atoms with Crippen molar-refractivity contribution in [3.05, 3.63) is 0 Å². The van der Waals surface area contributed by atoms with E-state index < -0.39 is 0 Å². The van der Waals surface area contributed by atoms with Crippen LogP contribution in [-0.4, -0.2) is 31.6 Å². The monoisotopic (exact) mass is 186 g/mol. The SMILES string of the molecule is COC(=O)C[C@@H]1C[C@@H](CN)NC1=O. The molecule has 0 radical (unpaired) electrons. The number of carbonyl (C=O) groups is 2. The van der Waals surface area contributed by atoms with Gasteiger partial charge in [-0.2, -0.15) is 0 Å². The summed E-state index contributed by atoms with van der Waals surface area (Å²) in [6, 6.07) is 0.0159. The van der Waals surface area contributed by atoms with Crippen molar-refractivity contribution in [2.45, 2.75) is 18.9 Å². The molecule has 0 saturated carbocycles. The van der Waals surface area contributed by atoms with Crippen LogP contribution >= 0.6 is 0 Å². The molecule has 1 heterocycles. The third-order valence-electron chi connectivity index (χ3n) is 2.21. The van der Waals surface area contributed by atoms with Crippen LogP contribution in [0.5, 0.6) is 0 Å². The van der Waals surface area contributed by atoms with Crippen LogP contribution in [0.25, 0.3) is 0 Å². The number of carbonyl (C=O) groups excluding carboxylic acids is 2. The van der Waals surface area contributed by atoms with Gasteiger partial charge >= 0.3 is 5.97 Å². The average molecular weight is 186 g/mol. The highest BCUT2D eigenvalue weighted by Gasteiger charge is 2.32. The van der Waals surface area contributed by atoms with Gasteiger partial charge in [0.1, 0.15) is 0 Å². The molecule has 3 N–H and O–H groups in total. The van der Waals surface area contributed by atoms with Gasteiger partial charge in [0.05, 0.1) is 19.4 Å². The Morgan fingerprint density at radius 2 is 2.46 bits per heavy atom. The van der Waals surface area contributed by atoms with Crippen molar-refractivity contribution >= 4 is 11.9 Å². The zero-order valence-electron chi connectivity index (χ0n) is 7.58. The normalized spacial score (nSPS) is 27.1. The highest BCUT2D eigenvalue weighted by atomic mass is 16.5. The number of ether oxygens (including phenoxy) is 1. The summed E-state index contributed by atoms with van der Waals surface area (Å²) in [5.74, 6) is -0.709. The van der Waals surface area contributed by atoms with Crippen LogP contribution in [0.3, 0.4) is 0 Å². The summed E-state index contributed by atoms with van der Waals surface area (Å²) < 4.78 is 4.48. The Balaban J connectivity index is 2.43. The Morgan fingerprint density at radius 1 is 1.77 bits per heavy atom. The van der Waals surface area contributed by atoms with Crippen molar-refractivity contribution in [3.8, 4) is 0 Å². The van der Waals surface area contributed by atoms with E-state index in [0.717, 1.165) is 0 Å². The summed E-state index contributed by atoms with van der Waals surface area (Å²) in [5, 5.41) is 2.71. The molecule has 1 fully saturated rings. The lowest BCUT2D eigenvalue weighted by molar-refractivity contribution is -0.143. The Morgan fingerprint density at radius 3 is 2.92 bits per heavy atom. The van der Waals surface area contributed by atoms with E-state index >= 15 is 0 Å². The molecular weight excluding hydrogens is 172 g/mol. The molecule has 0 aliphatic carbocycles. The summed E-state index contributed by atoms with van der Waals surface area (Å²) in [7, 11) is 1.32. The summed E-state index contributed by atoms with van der Waals surface area (Å²) >= 11 is 0. The lowest BCUT2D eigenvalue weighted by atomic mass is 10.0.